The molecular weight excluding hydrogens is 234 g/mol. The van der Waals surface area contributed by atoms with E-state index in [4.69, 9.17) is 0 Å². The van der Waals surface area contributed by atoms with Crippen molar-refractivity contribution in [2.24, 2.45) is 0 Å². The van der Waals surface area contributed by atoms with Gasteiger partial charge in [0.05, 0.1) is 4.92 Å². The Morgan fingerprint density at radius 1 is 1.44 bits per heavy atom. The summed E-state index contributed by atoms with van der Waals surface area (Å²) < 4.78 is 0. The number of hydrogen-bond acceptors (Lipinski definition) is 6. The summed E-state index contributed by atoms with van der Waals surface area (Å²) in [6, 6.07) is 0. The first kappa shape index (κ1) is 12.4. The zero-order chi connectivity index (χ0) is 12.8. The van der Waals surface area contributed by atoms with E-state index < -0.39 is 4.92 Å². The molecule has 1 aliphatic heterocycles. The molecule has 0 bridgehead atoms. The maximum atomic E-state index is 10.4. The molecule has 1 aromatic heterocycles. The molecule has 96 valence electrons. The van der Waals surface area contributed by atoms with Crippen molar-refractivity contribution >= 4 is 11.6 Å². The Morgan fingerprint density at radius 2 is 2.22 bits per heavy atom. The third-order valence-corrected chi connectivity index (χ3v) is 2.74. The van der Waals surface area contributed by atoms with Gasteiger partial charge in [0, 0.05) is 13.1 Å². The van der Waals surface area contributed by atoms with Crippen molar-refractivity contribution < 1.29 is 4.92 Å². The summed E-state index contributed by atoms with van der Waals surface area (Å²) in [5, 5.41) is 16.7. The van der Waals surface area contributed by atoms with Crippen LogP contribution in [0.1, 0.15) is 12.8 Å². The highest BCUT2D eigenvalue weighted by Crippen LogP contribution is 2.11. The van der Waals surface area contributed by atoms with E-state index in [9.17, 15) is 10.1 Å². The molecule has 7 heteroatoms. The Balaban J connectivity index is 1.79. The standard InChI is InChI=1S/C11H15N5O2/c17-16(18)10-7-14-11(15-8-10)13-6-3-9-1-4-12-5-2-9/h1,7-8,12H,2-6H2,(H,13,14,15). The lowest BCUT2D eigenvalue weighted by Gasteiger charge is -2.13. The molecule has 1 aromatic rings. The molecular formula is C11H15N5O2. The molecule has 0 amide bonds. The smallest absolute Gasteiger partial charge is 0.305 e. The van der Waals surface area contributed by atoms with Gasteiger partial charge >= 0.3 is 5.69 Å². The van der Waals surface area contributed by atoms with Crippen LogP contribution >= 0.6 is 0 Å². The number of nitro groups is 1. The quantitative estimate of drug-likeness (QED) is 0.461. The third-order valence-electron chi connectivity index (χ3n) is 2.74. The number of anilines is 1. The van der Waals surface area contributed by atoms with Crippen molar-refractivity contribution in [2.45, 2.75) is 12.8 Å². The molecule has 1 aliphatic rings. The summed E-state index contributed by atoms with van der Waals surface area (Å²) in [6.07, 6.45) is 6.63. The molecule has 0 aliphatic carbocycles. The van der Waals surface area contributed by atoms with Crippen LogP contribution < -0.4 is 10.6 Å². The number of hydrogen-bond donors (Lipinski definition) is 2. The Kier molecular flexibility index (Phi) is 4.19. The SMILES string of the molecule is O=[N+]([O-])c1cnc(NCCC2=CCNCC2)nc1. The van der Waals surface area contributed by atoms with Gasteiger partial charge in [0.2, 0.25) is 5.95 Å². The molecule has 7 nitrogen and oxygen atoms in total. The van der Waals surface area contributed by atoms with Gasteiger partial charge in [0.15, 0.2) is 0 Å². The number of aromatic nitrogens is 2. The summed E-state index contributed by atoms with van der Waals surface area (Å²) in [4.78, 5) is 17.7. The van der Waals surface area contributed by atoms with Crippen molar-refractivity contribution in [1.29, 1.82) is 0 Å². The zero-order valence-corrected chi connectivity index (χ0v) is 9.93. The fourth-order valence-corrected chi connectivity index (χ4v) is 1.74. The van der Waals surface area contributed by atoms with E-state index in [0.717, 1.165) is 32.5 Å². The predicted molar refractivity (Wildman–Crippen MR) is 67.4 cm³/mol. The van der Waals surface area contributed by atoms with Crippen LogP contribution in [0.15, 0.2) is 24.0 Å². The van der Waals surface area contributed by atoms with E-state index in [2.05, 4.69) is 26.7 Å². The largest absolute Gasteiger partial charge is 0.354 e. The van der Waals surface area contributed by atoms with Crippen molar-refractivity contribution in [2.75, 3.05) is 25.0 Å². The molecule has 18 heavy (non-hydrogen) atoms. The molecule has 0 radical (unpaired) electrons. The number of rotatable bonds is 5. The maximum absolute atomic E-state index is 10.4. The second-order valence-electron chi connectivity index (χ2n) is 4.02. The normalized spacial score (nSPS) is 15.0. The van der Waals surface area contributed by atoms with Gasteiger partial charge in [-0.3, -0.25) is 10.1 Å². The van der Waals surface area contributed by atoms with E-state index >= 15 is 0 Å². The van der Waals surface area contributed by atoms with Crippen LogP contribution in [0.5, 0.6) is 0 Å². The van der Waals surface area contributed by atoms with Crippen LogP contribution in [0.4, 0.5) is 11.6 Å². The van der Waals surface area contributed by atoms with Gasteiger partial charge in [-0.1, -0.05) is 11.6 Å². The van der Waals surface area contributed by atoms with E-state index in [0.29, 0.717) is 5.95 Å². The molecule has 0 spiro atoms. The third kappa shape index (κ3) is 3.49. The number of nitrogens with one attached hydrogen (secondary N) is 2. The average Bonchev–Trinajstić information content (AvgIpc) is 2.40. The van der Waals surface area contributed by atoms with E-state index in [1.807, 2.05) is 0 Å². The van der Waals surface area contributed by atoms with Gasteiger partial charge in [-0.15, -0.1) is 0 Å². The molecule has 0 atom stereocenters. The Hall–Kier alpha value is -2.02. The van der Waals surface area contributed by atoms with Crippen LogP contribution in [0, 0.1) is 10.1 Å². The van der Waals surface area contributed by atoms with Crippen molar-refractivity contribution in [1.82, 2.24) is 15.3 Å². The molecule has 2 heterocycles. The van der Waals surface area contributed by atoms with Crippen LogP contribution in [0.3, 0.4) is 0 Å². The topological polar surface area (TPSA) is 93.0 Å². The van der Waals surface area contributed by atoms with E-state index in [1.165, 1.54) is 18.0 Å². The lowest BCUT2D eigenvalue weighted by Crippen LogP contribution is -2.21. The van der Waals surface area contributed by atoms with E-state index in [-0.39, 0.29) is 5.69 Å². The van der Waals surface area contributed by atoms with Crippen LogP contribution in [-0.2, 0) is 0 Å². The summed E-state index contributed by atoms with van der Waals surface area (Å²) in [5.41, 5.74) is 1.32. The Bertz CT molecular complexity index is 443. The Morgan fingerprint density at radius 3 is 2.83 bits per heavy atom. The van der Waals surface area contributed by atoms with Crippen LogP contribution in [-0.4, -0.2) is 34.5 Å². The minimum atomic E-state index is -0.510. The lowest BCUT2D eigenvalue weighted by molar-refractivity contribution is -0.385. The first-order valence-electron chi connectivity index (χ1n) is 5.84. The molecule has 0 unspecified atom stereocenters. The van der Waals surface area contributed by atoms with Gasteiger partial charge in [0.1, 0.15) is 12.4 Å². The minimum Gasteiger partial charge on any atom is -0.354 e. The molecule has 2 rings (SSSR count). The predicted octanol–water partition coefficient (Wildman–Crippen LogP) is 1.11. The van der Waals surface area contributed by atoms with Gasteiger partial charge < -0.3 is 10.6 Å². The lowest BCUT2D eigenvalue weighted by atomic mass is 10.1. The van der Waals surface area contributed by atoms with Gasteiger partial charge in [-0.2, -0.15) is 0 Å². The first-order chi connectivity index (χ1) is 8.75. The molecule has 0 fully saturated rings. The highest BCUT2D eigenvalue weighted by atomic mass is 16.6. The molecule has 0 saturated heterocycles. The first-order valence-corrected chi connectivity index (χ1v) is 5.84. The molecule has 0 aromatic carbocycles. The highest BCUT2D eigenvalue weighted by molar-refractivity contribution is 5.30. The van der Waals surface area contributed by atoms with Crippen LogP contribution in [0.2, 0.25) is 0 Å². The Labute approximate surface area is 104 Å². The summed E-state index contributed by atoms with van der Waals surface area (Å²) in [5.74, 6) is 0.426. The molecule has 0 saturated carbocycles. The minimum absolute atomic E-state index is 0.0957. The van der Waals surface area contributed by atoms with Crippen molar-refractivity contribution in [3.63, 3.8) is 0 Å². The highest BCUT2D eigenvalue weighted by Gasteiger charge is 2.07. The molecule has 2 N–H and O–H groups in total. The van der Waals surface area contributed by atoms with Crippen molar-refractivity contribution in [3.05, 3.63) is 34.2 Å². The summed E-state index contributed by atoms with van der Waals surface area (Å²) >= 11 is 0. The summed E-state index contributed by atoms with van der Waals surface area (Å²) in [6.45, 7) is 2.70. The van der Waals surface area contributed by atoms with Crippen LogP contribution in [0.25, 0.3) is 0 Å². The number of nitrogens with zero attached hydrogens (tertiary/aromatic N) is 3. The second kappa shape index (κ2) is 6.06. The monoisotopic (exact) mass is 249 g/mol. The average molecular weight is 249 g/mol. The van der Waals surface area contributed by atoms with E-state index in [1.54, 1.807) is 0 Å². The zero-order valence-electron chi connectivity index (χ0n) is 9.93. The fourth-order valence-electron chi connectivity index (χ4n) is 1.74. The van der Waals surface area contributed by atoms with Gasteiger partial charge in [-0.25, -0.2) is 9.97 Å². The van der Waals surface area contributed by atoms with Gasteiger partial charge in [0.25, 0.3) is 0 Å². The fraction of sp³-hybridized carbons (Fsp3) is 0.455. The maximum Gasteiger partial charge on any atom is 0.305 e. The summed E-state index contributed by atoms with van der Waals surface area (Å²) in [7, 11) is 0. The second-order valence-corrected chi connectivity index (χ2v) is 4.02. The van der Waals surface area contributed by atoms with Gasteiger partial charge in [-0.05, 0) is 19.4 Å². The van der Waals surface area contributed by atoms with Crippen molar-refractivity contribution in [3.8, 4) is 0 Å².